The molecule has 7 nitrogen and oxygen atoms in total. The standard InChI is InChI=1S/C20H19N3O4/c1-11-18-14(8-15(12-6-7-12)22-20(18)27-23-11)19(24)21-9-13-10-25-16-4-2-3-5-17(16)26-13/h2-5,8,12-13H,6-7,9-10H2,1H3,(H,21,24)/t13-/m0/s1. The van der Waals surface area contributed by atoms with E-state index < -0.39 is 0 Å². The van der Waals surface area contributed by atoms with E-state index in [9.17, 15) is 4.79 Å². The van der Waals surface area contributed by atoms with Gasteiger partial charge in [0.15, 0.2) is 11.5 Å². The van der Waals surface area contributed by atoms with Gasteiger partial charge in [-0.2, -0.15) is 0 Å². The molecule has 5 rings (SSSR count). The first kappa shape index (κ1) is 16.1. The number of aryl methyl sites for hydroxylation is 1. The second kappa shape index (κ2) is 6.26. The van der Waals surface area contributed by atoms with E-state index in [1.165, 1.54) is 0 Å². The molecule has 3 aromatic rings. The highest BCUT2D eigenvalue weighted by Gasteiger charge is 2.29. The molecular weight excluding hydrogens is 346 g/mol. The van der Waals surface area contributed by atoms with E-state index in [0.29, 0.717) is 47.2 Å². The van der Waals surface area contributed by atoms with Gasteiger partial charge in [0.1, 0.15) is 12.7 Å². The molecule has 0 spiro atoms. The van der Waals surface area contributed by atoms with Crippen molar-refractivity contribution in [3.63, 3.8) is 0 Å². The van der Waals surface area contributed by atoms with Crippen molar-refractivity contribution in [3.8, 4) is 11.5 Å². The quantitative estimate of drug-likeness (QED) is 0.765. The molecular formula is C20H19N3O4. The van der Waals surface area contributed by atoms with Crippen LogP contribution in [0, 0.1) is 6.92 Å². The summed E-state index contributed by atoms with van der Waals surface area (Å²) in [5.41, 5.74) is 2.54. The van der Waals surface area contributed by atoms with Gasteiger partial charge in [-0.15, -0.1) is 0 Å². The molecule has 2 aromatic heterocycles. The number of nitrogens with zero attached hydrogens (tertiary/aromatic N) is 2. The van der Waals surface area contributed by atoms with Crippen LogP contribution in [-0.2, 0) is 0 Å². The first-order chi connectivity index (χ1) is 13.2. The van der Waals surface area contributed by atoms with Gasteiger partial charge in [-0.25, -0.2) is 4.98 Å². The van der Waals surface area contributed by atoms with Crippen molar-refractivity contribution in [2.45, 2.75) is 31.8 Å². The fourth-order valence-corrected chi connectivity index (χ4v) is 3.35. The number of hydrogen-bond donors (Lipinski definition) is 1. The summed E-state index contributed by atoms with van der Waals surface area (Å²) in [5.74, 6) is 1.65. The molecule has 1 saturated carbocycles. The summed E-state index contributed by atoms with van der Waals surface area (Å²) < 4.78 is 16.9. The number of carbonyl (C=O) groups is 1. The van der Waals surface area contributed by atoms with Gasteiger partial charge in [0.05, 0.1) is 23.2 Å². The number of carbonyl (C=O) groups excluding carboxylic acids is 1. The van der Waals surface area contributed by atoms with Crippen molar-refractivity contribution < 1.29 is 18.8 Å². The third-order valence-corrected chi connectivity index (χ3v) is 4.93. The Morgan fingerprint density at radius 2 is 2.07 bits per heavy atom. The Balaban J connectivity index is 1.35. The predicted octanol–water partition coefficient (Wildman–Crippen LogP) is 2.98. The van der Waals surface area contributed by atoms with Crippen molar-refractivity contribution in [1.29, 1.82) is 0 Å². The van der Waals surface area contributed by atoms with Crippen LogP contribution in [0.5, 0.6) is 11.5 Å². The van der Waals surface area contributed by atoms with Crippen LogP contribution in [-0.4, -0.2) is 35.3 Å². The lowest BCUT2D eigenvalue weighted by Crippen LogP contribution is -2.40. The Hall–Kier alpha value is -3.09. The zero-order valence-electron chi connectivity index (χ0n) is 14.9. The lowest BCUT2D eigenvalue weighted by Gasteiger charge is -2.26. The third-order valence-electron chi connectivity index (χ3n) is 4.93. The van der Waals surface area contributed by atoms with Crippen LogP contribution in [0.3, 0.4) is 0 Å². The Labute approximate surface area is 155 Å². The molecule has 1 amide bonds. The maximum Gasteiger partial charge on any atom is 0.259 e. The van der Waals surface area contributed by atoms with Crippen LogP contribution in [0.1, 0.15) is 40.5 Å². The highest BCUT2D eigenvalue weighted by molar-refractivity contribution is 6.06. The smallest absolute Gasteiger partial charge is 0.259 e. The number of rotatable bonds is 4. The lowest BCUT2D eigenvalue weighted by atomic mass is 10.1. The number of aromatic nitrogens is 2. The van der Waals surface area contributed by atoms with E-state index >= 15 is 0 Å². The lowest BCUT2D eigenvalue weighted by molar-refractivity contribution is 0.0790. The predicted molar refractivity (Wildman–Crippen MR) is 97.2 cm³/mol. The van der Waals surface area contributed by atoms with Crippen LogP contribution in [0.15, 0.2) is 34.9 Å². The van der Waals surface area contributed by atoms with E-state index in [1.807, 2.05) is 37.3 Å². The van der Waals surface area contributed by atoms with Gasteiger partial charge in [-0.1, -0.05) is 17.3 Å². The molecule has 3 heterocycles. The number of amides is 1. The minimum atomic E-state index is -0.243. The topological polar surface area (TPSA) is 86.5 Å². The van der Waals surface area contributed by atoms with E-state index in [1.54, 1.807) is 0 Å². The molecule has 2 aliphatic rings. The van der Waals surface area contributed by atoms with Gasteiger partial charge in [0.2, 0.25) is 0 Å². The number of pyridine rings is 1. The van der Waals surface area contributed by atoms with Gasteiger partial charge in [-0.05, 0) is 38.0 Å². The van der Waals surface area contributed by atoms with Gasteiger partial charge in [-0.3, -0.25) is 4.79 Å². The van der Waals surface area contributed by atoms with Gasteiger partial charge >= 0.3 is 0 Å². The summed E-state index contributed by atoms with van der Waals surface area (Å²) in [4.78, 5) is 17.4. The van der Waals surface area contributed by atoms with E-state index in [4.69, 9.17) is 14.0 Å². The fourth-order valence-electron chi connectivity index (χ4n) is 3.35. The Morgan fingerprint density at radius 1 is 1.26 bits per heavy atom. The monoisotopic (exact) mass is 365 g/mol. The summed E-state index contributed by atoms with van der Waals surface area (Å²) in [6, 6.07) is 9.39. The van der Waals surface area contributed by atoms with E-state index in [0.717, 1.165) is 24.3 Å². The first-order valence-corrected chi connectivity index (χ1v) is 9.12. The number of para-hydroxylation sites is 2. The maximum atomic E-state index is 12.9. The fraction of sp³-hybridized carbons (Fsp3) is 0.350. The molecule has 0 unspecified atom stereocenters. The summed E-state index contributed by atoms with van der Waals surface area (Å²) >= 11 is 0. The number of nitrogens with one attached hydrogen (secondary N) is 1. The molecule has 0 radical (unpaired) electrons. The average molecular weight is 365 g/mol. The minimum absolute atomic E-state index is 0.182. The highest BCUT2D eigenvalue weighted by atomic mass is 16.6. The normalized spacial score (nSPS) is 18.5. The molecule has 7 heteroatoms. The third kappa shape index (κ3) is 2.99. The number of benzene rings is 1. The van der Waals surface area contributed by atoms with Crippen molar-refractivity contribution in [3.05, 3.63) is 47.3 Å². The van der Waals surface area contributed by atoms with Crippen LogP contribution in [0.25, 0.3) is 11.1 Å². The van der Waals surface area contributed by atoms with E-state index in [-0.39, 0.29) is 12.0 Å². The molecule has 1 aliphatic heterocycles. The zero-order chi connectivity index (χ0) is 18.4. The van der Waals surface area contributed by atoms with Crippen LogP contribution in [0.4, 0.5) is 0 Å². The van der Waals surface area contributed by atoms with Crippen LogP contribution in [0.2, 0.25) is 0 Å². The first-order valence-electron chi connectivity index (χ1n) is 9.12. The van der Waals surface area contributed by atoms with E-state index in [2.05, 4.69) is 15.5 Å². The molecule has 1 aliphatic carbocycles. The number of hydrogen-bond acceptors (Lipinski definition) is 6. The Bertz CT molecular complexity index is 1030. The highest BCUT2D eigenvalue weighted by Crippen LogP contribution is 2.40. The molecule has 1 fully saturated rings. The Morgan fingerprint density at radius 3 is 2.89 bits per heavy atom. The average Bonchev–Trinajstić information content (AvgIpc) is 3.49. The zero-order valence-corrected chi connectivity index (χ0v) is 14.9. The van der Waals surface area contributed by atoms with Crippen LogP contribution >= 0.6 is 0 Å². The van der Waals surface area contributed by atoms with Crippen molar-refractivity contribution in [1.82, 2.24) is 15.5 Å². The van der Waals surface area contributed by atoms with Gasteiger partial charge in [0, 0.05) is 11.6 Å². The molecule has 0 saturated heterocycles. The van der Waals surface area contributed by atoms with Crippen molar-refractivity contribution >= 4 is 17.0 Å². The number of ether oxygens (including phenoxy) is 2. The second-order valence-corrected chi connectivity index (χ2v) is 7.02. The molecule has 1 N–H and O–H groups in total. The molecule has 0 bridgehead atoms. The largest absolute Gasteiger partial charge is 0.486 e. The summed E-state index contributed by atoms with van der Waals surface area (Å²) in [5, 5.41) is 7.60. The molecule has 1 atom stereocenters. The molecule has 27 heavy (non-hydrogen) atoms. The van der Waals surface area contributed by atoms with Crippen molar-refractivity contribution in [2.24, 2.45) is 0 Å². The summed E-state index contributed by atoms with van der Waals surface area (Å²) in [6.45, 7) is 2.55. The number of fused-ring (bicyclic) bond motifs is 2. The molecule has 1 aromatic carbocycles. The summed E-state index contributed by atoms with van der Waals surface area (Å²) in [6.07, 6.45) is 1.95. The minimum Gasteiger partial charge on any atom is -0.486 e. The summed E-state index contributed by atoms with van der Waals surface area (Å²) in [7, 11) is 0. The molecule has 138 valence electrons. The Kier molecular flexibility index (Phi) is 3.74. The van der Waals surface area contributed by atoms with Crippen LogP contribution < -0.4 is 14.8 Å². The second-order valence-electron chi connectivity index (χ2n) is 7.02. The maximum absolute atomic E-state index is 12.9. The van der Waals surface area contributed by atoms with Crippen molar-refractivity contribution in [2.75, 3.05) is 13.2 Å². The SMILES string of the molecule is Cc1noc2nc(C3CC3)cc(C(=O)NC[C@H]3COc4ccccc4O3)c12. The van der Waals surface area contributed by atoms with Gasteiger partial charge in [0.25, 0.3) is 11.6 Å². The van der Waals surface area contributed by atoms with Gasteiger partial charge < -0.3 is 19.3 Å².